The van der Waals surface area contributed by atoms with Gasteiger partial charge in [-0.15, -0.1) is 23.5 Å². The molecule has 1 aliphatic rings. The number of benzene rings is 1. The van der Waals surface area contributed by atoms with Crippen molar-refractivity contribution >= 4 is 29.4 Å². The third-order valence-electron chi connectivity index (χ3n) is 3.24. The highest BCUT2D eigenvalue weighted by Gasteiger charge is 2.27. The predicted octanol–water partition coefficient (Wildman–Crippen LogP) is 3.16. The summed E-state index contributed by atoms with van der Waals surface area (Å²) in [6.07, 6.45) is 1.27. The van der Waals surface area contributed by atoms with Crippen molar-refractivity contribution in [1.29, 1.82) is 0 Å². The molecule has 1 aromatic carbocycles. The van der Waals surface area contributed by atoms with Gasteiger partial charge >= 0.3 is 0 Å². The molecule has 1 aromatic rings. The minimum absolute atomic E-state index is 0.176. The third kappa shape index (κ3) is 3.42. The minimum atomic E-state index is 0.176. The molecule has 2 rings (SSSR count). The molecule has 0 radical (unpaired) electrons. The van der Waals surface area contributed by atoms with E-state index in [1.807, 2.05) is 18.2 Å². The molecule has 110 valence electrons. The van der Waals surface area contributed by atoms with Crippen LogP contribution in [0.4, 0.5) is 0 Å². The van der Waals surface area contributed by atoms with Crippen molar-refractivity contribution in [2.75, 3.05) is 12.4 Å². The van der Waals surface area contributed by atoms with E-state index in [0.717, 1.165) is 34.1 Å². The summed E-state index contributed by atoms with van der Waals surface area (Å²) in [6.45, 7) is 4.99. The highest BCUT2D eigenvalue weighted by Crippen LogP contribution is 2.37. The summed E-state index contributed by atoms with van der Waals surface area (Å²) in [5.74, 6) is 1.12. The Hall–Kier alpha value is -0.850. The Kier molecular flexibility index (Phi) is 5.63. The number of nitrogens with two attached hydrogens (primary N) is 1. The first-order chi connectivity index (χ1) is 9.67. The van der Waals surface area contributed by atoms with Crippen molar-refractivity contribution in [2.45, 2.75) is 41.4 Å². The van der Waals surface area contributed by atoms with Crippen molar-refractivity contribution in [3.05, 3.63) is 23.8 Å². The number of hydrogen-bond donors (Lipinski definition) is 2. The van der Waals surface area contributed by atoms with Gasteiger partial charge in [-0.2, -0.15) is 0 Å². The average Bonchev–Trinajstić information content (AvgIpc) is 2.84. The van der Waals surface area contributed by atoms with E-state index in [0.29, 0.717) is 5.25 Å². The highest BCUT2D eigenvalue weighted by molar-refractivity contribution is 8.00. The summed E-state index contributed by atoms with van der Waals surface area (Å²) < 4.78 is 5.61. The van der Waals surface area contributed by atoms with Crippen molar-refractivity contribution in [3.63, 3.8) is 0 Å². The van der Waals surface area contributed by atoms with E-state index < -0.39 is 0 Å². The molecule has 1 aliphatic heterocycles. The van der Waals surface area contributed by atoms with Crippen molar-refractivity contribution < 1.29 is 9.94 Å². The smallest absolute Gasteiger partial charge is 0.172 e. The topological polar surface area (TPSA) is 67.8 Å². The lowest BCUT2D eigenvalue weighted by atomic mass is 10.2. The SMILES string of the molecule is CCSc1cccc(SC2CCOC2C)c1/C(N)=N/O. The van der Waals surface area contributed by atoms with E-state index in [1.54, 1.807) is 23.5 Å². The van der Waals surface area contributed by atoms with Gasteiger partial charge in [-0.1, -0.05) is 18.1 Å². The molecular weight excluding hydrogens is 292 g/mol. The van der Waals surface area contributed by atoms with Crippen LogP contribution in [0.25, 0.3) is 0 Å². The molecule has 1 fully saturated rings. The minimum Gasteiger partial charge on any atom is -0.409 e. The van der Waals surface area contributed by atoms with Crippen molar-refractivity contribution in [1.82, 2.24) is 0 Å². The molecule has 6 heteroatoms. The van der Waals surface area contributed by atoms with Gasteiger partial charge in [-0.05, 0) is 31.2 Å². The van der Waals surface area contributed by atoms with Crippen LogP contribution in [-0.4, -0.2) is 34.8 Å². The van der Waals surface area contributed by atoms with Crippen LogP contribution in [0, 0.1) is 0 Å². The normalized spacial score (nSPS) is 23.2. The Bertz CT molecular complexity index is 494. The van der Waals surface area contributed by atoms with Gasteiger partial charge in [0.1, 0.15) is 0 Å². The number of oxime groups is 1. The fraction of sp³-hybridized carbons (Fsp3) is 0.500. The molecule has 0 spiro atoms. The molecule has 1 saturated heterocycles. The van der Waals surface area contributed by atoms with E-state index in [-0.39, 0.29) is 11.9 Å². The van der Waals surface area contributed by atoms with E-state index in [4.69, 9.17) is 15.7 Å². The van der Waals surface area contributed by atoms with E-state index in [2.05, 4.69) is 19.0 Å². The molecule has 0 aliphatic carbocycles. The van der Waals surface area contributed by atoms with Crippen LogP contribution in [-0.2, 0) is 4.74 Å². The summed E-state index contributed by atoms with van der Waals surface area (Å²) in [7, 11) is 0. The number of hydrogen-bond acceptors (Lipinski definition) is 5. The van der Waals surface area contributed by atoms with E-state index in [1.165, 1.54) is 0 Å². The zero-order valence-electron chi connectivity index (χ0n) is 11.7. The lowest BCUT2D eigenvalue weighted by molar-refractivity contribution is 0.127. The van der Waals surface area contributed by atoms with Crippen molar-refractivity contribution in [3.8, 4) is 0 Å². The first-order valence-corrected chi connectivity index (χ1v) is 8.55. The maximum atomic E-state index is 9.04. The van der Waals surface area contributed by atoms with Crippen LogP contribution in [0.2, 0.25) is 0 Å². The molecule has 2 unspecified atom stereocenters. The second-order valence-corrected chi connectivity index (χ2v) is 7.16. The molecule has 0 aromatic heterocycles. The van der Waals surface area contributed by atoms with Gasteiger partial charge in [0.05, 0.1) is 6.10 Å². The highest BCUT2D eigenvalue weighted by atomic mass is 32.2. The molecule has 0 bridgehead atoms. The Morgan fingerprint density at radius 1 is 1.50 bits per heavy atom. The Morgan fingerprint density at radius 3 is 2.85 bits per heavy atom. The Balaban J connectivity index is 2.33. The van der Waals surface area contributed by atoms with Gasteiger partial charge in [0.2, 0.25) is 0 Å². The van der Waals surface area contributed by atoms with E-state index >= 15 is 0 Å². The largest absolute Gasteiger partial charge is 0.409 e. The summed E-state index contributed by atoms with van der Waals surface area (Å²) in [6, 6.07) is 6.07. The summed E-state index contributed by atoms with van der Waals surface area (Å²) in [5, 5.41) is 12.6. The molecule has 4 nitrogen and oxygen atoms in total. The number of rotatable bonds is 5. The summed E-state index contributed by atoms with van der Waals surface area (Å²) >= 11 is 3.46. The van der Waals surface area contributed by atoms with Crippen LogP contribution in [0.1, 0.15) is 25.8 Å². The quantitative estimate of drug-likeness (QED) is 0.287. The number of ether oxygens (including phenoxy) is 1. The lowest BCUT2D eigenvalue weighted by Gasteiger charge is -2.17. The standard InChI is InChI=1S/C14H20N2O2S2/c1-3-19-11-5-4-6-12(13(11)14(15)16-17)20-10-7-8-18-9(10)2/h4-6,9-10,17H,3,7-8H2,1-2H3,(H2,15,16). The zero-order chi connectivity index (χ0) is 14.5. The molecule has 0 amide bonds. The van der Waals surface area contributed by atoms with Gasteiger partial charge in [-0.3, -0.25) is 0 Å². The first kappa shape index (κ1) is 15.5. The average molecular weight is 312 g/mol. The zero-order valence-corrected chi connectivity index (χ0v) is 13.3. The molecule has 20 heavy (non-hydrogen) atoms. The Labute approximate surface area is 128 Å². The number of nitrogens with zero attached hydrogens (tertiary/aromatic N) is 1. The van der Waals surface area contributed by atoms with Gasteiger partial charge in [0.25, 0.3) is 0 Å². The fourth-order valence-corrected chi connectivity index (χ4v) is 4.43. The van der Waals surface area contributed by atoms with Gasteiger partial charge in [0, 0.05) is 27.2 Å². The predicted molar refractivity (Wildman–Crippen MR) is 85.0 cm³/mol. The summed E-state index contributed by atoms with van der Waals surface area (Å²) in [4.78, 5) is 2.11. The summed E-state index contributed by atoms with van der Waals surface area (Å²) in [5.41, 5.74) is 6.72. The Morgan fingerprint density at radius 2 is 2.25 bits per heavy atom. The molecule has 2 atom stereocenters. The van der Waals surface area contributed by atoms with Crippen LogP contribution in [0.3, 0.4) is 0 Å². The third-order valence-corrected chi connectivity index (χ3v) is 5.69. The van der Waals surface area contributed by atoms with Crippen LogP contribution >= 0.6 is 23.5 Å². The van der Waals surface area contributed by atoms with Crippen LogP contribution < -0.4 is 5.73 Å². The van der Waals surface area contributed by atoms with Crippen LogP contribution in [0.5, 0.6) is 0 Å². The fourth-order valence-electron chi connectivity index (χ4n) is 2.22. The first-order valence-electron chi connectivity index (χ1n) is 6.69. The molecule has 0 saturated carbocycles. The van der Waals surface area contributed by atoms with Gasteiger partial charge < -0.3 is 15.7 Å². The van der Waals surface area contributed by atoms with Gasteiger partial charge in [0.15, 0.2) is 5.84 Å². The lowest BCUT2D eigenvalue weighted by Crippen LogP contribution is -2.18. The maximum Gasteiger partial charge on any atom is 0.172 e. The van der Waals surface area contributed by atoms with Crippen LogP contribution in [0.15, 0.2) is 33.1 Å². The van der Waals surface area contributed by atoms with Crippen molar-refractivity contribution in [2.24, 2.45) is 10.9 Å². The van der Waals surface area contributed by atoms with E-state index in [9.17, 15) is 0 Å². The maximum absolute atomic E-state index is 9.04. The molecular formula is C14H20N2O2S2. The monoisotopic (exact) mass is 312 g/mol. The second kappa shape index (κ2) is 7.24. The number of thioether (sulfide) groups is 2. The number of amidine groups is 1. The van der Waals surface area contributed by atoms with Gasteiger partial charge in [-0.25, -0.2) is 0 Å². The second-order valence-electron chi connectivity index (χ2n) is 4.57. The molecule has 1 heterocycles. The molecule has 3 N–H and O–H groups in total.